The first-order chi connectivity index (χ1) is 7.89. The summed E-state index contributed by atoms with van der Waals surface area (Å²) in [5.41, 5.74) is -0.518. The lowest BCUT2D eigenvalue weighted by Crippen LogP contribution is -2.41. The number of unbranched alkanes of at least 4 members (excludes halogenated alkanes) is 1. The minimum atomic E-state index is -0.259. The summed E-state index contributed by atoms with van der Waals surface area (Å²) in [7, 11) is -0.255. The van der Waals surface area contributed by atoms with E-state index in [0.29, 0.717) is 6.61 Å². The molecule has 0 unspecified atom stereocenters. The summed E-state index contributed by atoms with van der Waals surface area (Å²) < 4.78 is 17.1. The van der Waals surface area contributed by atoms with Gasteiger partial charge in [-0.05, 0) is 34.1 Å². The number of hydrogen-bond donors (Lipinski definition) is 0. The van der Waals surface area contributed by atoms with Crippen LogP contribution in [0.4, 0.5) is 0 Å². The van der Waals surface area contributed by atoms with Gasteiger partial charge < -0.3 is 14.0 Å². The second kappa shape index (κ2) is 6.03. The molecule has 0 aromatic rings. The van der Waals surface area contributed by atoms with Gasteiger partial charge in [0, 0.05) is 6.61 Å². The normalized spacial score (nSPS) is 22.5. The van der Waals surface area contributed by atoms with Crippen molar-refractivity contribution in [3.63, 3.8) is 0 Å². The van der Waals surface area contributed by atoms with Crippen LogP contribution in [0.25, 0.3) is 0 Å². The molecule has 1 aliphatic heterocycles. The highest BCUT2D eigenvalue weighted by molar-refractivity contribution is 6.51. The van der Waals surface area contributed by atoms with Gasteiger partial charge in [-0.15, -0.1) is 0 Å². The molecule has 1 saturated heterocycles. The third-order valence-corrected chi connectivity index (χ3v) is 3.42. The minimum absolute atomic E-state index is 0.255. The Morgan fingerprint density at radius 1 is 1.12 bits per heavy atom. The lowest BCUT2D eigenvalue weighted by molar-refractivity contribution is 0.00578. The smallest absolute Gasteiger partial charge is 0.400 e. The lowest BCUT2D eigenvalue weighted by Gasteiger charge is -2.32. The van der Waals surface area contributed by atoms with Gasteiger partial charge in [-0.2, -0.15) is 0 Å². The Morgan fingerprint density at radius 3 is 2.24 bits per heavy atom. The highest BCUT2D eigenvalue weighted by atomic mass is 16.7. The number of hydrogen-bond acceptors (Lipinski definition) is 3. The van der Waals surface area contributed by atoms with E-state index in [1.807, 2.05) is 12.1 Å². The van der Waals surface area contributed by atoms with Crippen molar-refractivity contribution in [2.45, 2.75) is 58.7 Å². The van der Waals surface area contributed by atoms with Gasteiger partial charge in [0.1, 0.15) is 0 Å². The van der Waals surface area contributed by atoms with E-state index >= 15 is 0 Å². The van der Waals surface area contributed by atoms with Crippen LogP contribution in [0.2, 0.25) is 0 Å². The van der Waals surface area contributed by atoms with Crippen molar-refractivity contribution in [3.05, 3.63) is 12.1 Å². The molecule has 1 aliphatic rings. The molecule has 0 N–H and O–H groups in total. The Bertz CT molecular complexity index is 245. The molecule has 3 nitrogen and oxygen atoms in total. The van der Waals surface area contributed by atoms with Crippen molar-refractivity contribution < 1.29 is 14.0 Å². The summed E-state index contributed by atoms with van der Waals surface area (Å²) >= 11 is 0. The minimum Gasteiger partial charge on any atom is -0.400 e. The van der Waals surface area contributed by atoms with Crippen LogP contribution in [0, 0.1) is 0 Å². The summed E-state index contributed by atoms with van der Waals surface area (Å²) in [6.45, 7) is 11.8. The molecule has 1 heterocycles. The van der Waals surface area contributed by atoms with Gasteiger partial charge in [-0.3, -0.25) is 0 Å². The van der Waals surface area contributed by atoms with Crippen molar-refractivity contribution in [3.8, 4) is 0 Å². The third-order valence-electron chi connectivity index (χ3n) is 3.42. The molecule has 0 aromatic heterocycles. The van der Waals surface area contributed by atoms with Gasteiger partial charge in [-0.1, -0.05) is 25.4 Å². The maximum atomic E-state index is 5.83. The Hall–Kier alpha value is -0.315. The SMILES string of the molecule is CCCCOC/C=C/B1OC(C)(C)C(C)(C)O1. The van der Waals surface area contributed by atoms with Gasteiger partial charge in [0.05, 0.1) is 17.8 Å². The van der Waals surface area contributed by atoms with Gasteiger partial charge >= 0.3 is 7.12 Å². The van der Waals surface area contributed by atoms with E-state index in [1.165, 1.54) is 6.42 Å². The molecular weight excluding hydrogens is 215 g/mol. The van der Waals surface area contributed by atoms with Crippen molar-refractivity contribution in [2.75, 3.05) is 13.2 Å². The third kappa shape index (κ3) is 4.13. The Morgan fingerprint density at radius 2 is 1.71 bits per heavy atom. The predicted octanol–water partition coefficient (Wildman–Crippen LogP) is 2.99. The zero-order chi connectivity index (χ0) is 12.9. The molecule has 0 atom stereocenters. The topological polar surface area (TPSA) is 27.7 Å². The van der Waals surface area contributed by atoms with Gasteiger partial charge in [-0.25, -0.2) is 0 Å². The van der Waals surface area contributed by atoms with Crippen LogP contribution < -0.4 is 0 Å². The Labute approximate surface area is 106 Å². The first-order valence-corrected chi connectivity index (χ1v) is 6.49. The fourth-order valence-electron chi connectivity index (χ4n) is 1.53. The lowest BCUT2D eigenvalue weighted by atomic mass is 9.90. The molecule has 1 rings (SSSR count). The molecule has 17 heavy (non-hydrogen) atoms. The Kier molecular flexibility index (Phi) is 5.23. The van der Waals surface area contributed by atoms with Crippen LogP contribution in [-0.4, -0.2) is 31.5 Å². The van der Waals surface area contributed by atoms with E-state index in [4.69, 9.17) is 14.0 Å². The van der Waals surface area contributed by atoms with Crippen LogP contribution in [0.5, 0.6) is 0 Å². The van der Waals surface area contributed by atoms with E-state index in [1.54, 1.807) is 0 Å². The first kappa shape index (κ1) is 14.7. The molecule has 4 heteroatoms. The molecule has 1 fully saturated rings. The fourth-order valence-corrected chi connectivity index (χ4v) is 1.53. The maximum absolute atomic E-state index is 5.83. The quantitative estimate of drug-likeness (QED) is 0.527. The summed E-state index contributed by atoms with van der Waals surface area (Å²) in [5, 5.41) is 0. The monoisotopic (exact) mass is 240 g/mol. The van der Waals surface area contributed by atoms with E-state index in [2.05, 4.69) is 34.6 Å². The molecule has 0 radical (unpaired) electrons. The van der Waals surface area contributed by atoms with E-state index in [0.717, 1.165) is 13.0 Å². The standard InChI is InChI=1S/C13H25BO3/c1-6-7-10-15-11-8-9-14-16-12(2,3)13(4,5)17-14/h8-9H,6-7,10-11H2,1-5H3/b9-8+. The number of ether oxygens (including phenoxy) is 1. The molecule has 0 amide bonds. The summed E-state index contributed by atoms with van der Waals surface area (Å²) in [6.07, 6.45) is 4.25. The van der Waals surface area contributed by atoms with E-state index in [9.17, 15) is 0 Å². The molecule has 0 aliphatic carbocycles. The van der Waals surface area contributed by atoms with Crippen molar-refractivity contribution >= 4 is 7.12 Å². The van der Waals surface area contributed by atoms with Crippen LogP contribution in [0.3, 0.4) is 0 Å². The van der Waals surface area contributed by atoms with Crippen molar-refractivity contribution in [1.29, 1.82) is 0 Å². The summed E-state index contributed by atoms with van der Waals surface area (Å²) in [4.78, 5) is 0. The molecule has 0 aromatic carbocycles. The summed E-state index contributed by atoms with van der Waals surface area (Å²) in [6, 6.07) is 0. The van der Waals surface area contributed by atoms with Gasteiger partial charge in [0.25, 0.3) is 0 Å². The second-order valence-electron chi connectivity index (χ2n) is 5.48. The number of rotatable bonds is 6. The molecular formula is C13H25BO3. The van der Waals surface area contributed by atoms with Crippen LogP contribution >= 0.6 is 0 Å². The van der Waals surface area contributed by atoms with Crippen LogP contribution in [0.15, 0.2) is 12.1 Å². The molecule has 0 spiro atoms. The fraction of sp³-hybridized carbons (Fsp3) is 0.846. The van der Waals surface area contributed by atoms with E-state index in [-0.39, 0.29) is 18.3 Å². The molecule has 0 bridgehead atoms. The molecule has 98 valence electrons. The first-order valence-electron chi connectivity index (χ1n) is 6.49. The Balaban J connectivity index is 2.28. The second-order valence-corrected chi connectivity index (χ2v) is 5.48. The summed E-state index contributed by atoms with van der Waals surface area (Å²) in [5.74, 6) is 1.93. The van der Waals surface area contributed by atoms with Crippen LogP contribution in [-0.2, 0) is 14.0 Å². The van der Waals surface area contributed by atoms with Crippen molar-refractivity contribution in [2.24, 2.45) is 0 Å². The highest BCUT2D eigenvalue weighted by Gasteiger charge is 2.49. The van der Waals surface area contributed by atoms with Crippen LogP contribution in [0.1, 0.15) is 47.5 Å². The largest absolute Gasteiger partial charge is 0.486 e. The highest BCUT2D eigenvalue weighted by Crippen LogP contribution is 2.36. The van der Waals surface area contributed by atoms with Gasteiger partial charge in [0.15, 0.2) is 0 Å². The molecule has 0 saturated carbocycles. The zero-order valence-electron chi connectivity index (χ0n) is 11.8. The predicted molar refractivity (Wildman–Crippen MR) is 70.9 cm³/mol. The van der Waals surface area contributed by atoms with Gasteiger partial charge in [0.2, 0.25) is 0 Å². The van der Waals surface area contributed by atoms with Crippen molar-refractivity contribution in [1.82, 2.24) is 0 Å². The van der Waals surface area contributed by atoms with E-state index < -0.39 is 0 Å². The maximum Gasteiger partial charge on any atom is 0.486 e. The average molecular weight is 240 g/mol. The zero-order valence-corrected chi connectivity index (χ0v) is 11.8. The average Bonchev–Trinajstić information content (AvgIpc) is 2.41.